The van der Waals surface area contributed by atoms with Crippen molar-refractivity contribution >= 4 is 17.5 Å². The summed E-state index contributed by atoms with van der Waals surface area (Å²) in [5.41, 5.74) is 4.36. The molecule has 8 heteroatoms. The molecule has 0 bridgehead atoms. The van der Waals surface area contributed by atoms with Crippen molar-refractivity contribution in [3.8, 4) is 11.5 Å². The van der Waals surface area contributed by atoms with E-state index in [2.05, 4.69) is 50.4 Å². The summed E-state index contributed by atoms with van der Waals surface area (Å²) >= 11 is 1.97. The largest absolute Gasteiger partial charge is 0.490 e. The molecule has 1 saturated carbocycles. The molecule has 338 valence electrons. The maximum absolute atomic E-state index is 9.93. The van der Waals surface area contributed by atoms with Crippen molar-refractivity contribution < 1.29 is 29.3 Å². The summed E-state index contributed by atoms with van der Waals surface area (Å²) in [6.45, 7) is 11.8. The molecular formula is C53H79NO6S. The molecule has 1 fully saturated rings. The zero-order valence-electron chi connectivity index (χ0n) is 37.6. The predicted octanol–water partition coefficient (Wildman–Crippen LogP) is 13.3. The number of benzene rings is 2. The molecule has 6 atom stereocenters. The van der Waals surface area contributed by atoms with Crippen LogP contribution in [0.25, 0.3) is 0 Å². The number of hydrogen-bond acceptors (Lipinski definition) is 8. The first-order chi connectivity index (χ1) is 30.1. The minimum atomic E-state index is -0.953. The summed E-state index contributed by atoms with van der Waals surface area (Å²) < 4.78 is 20.6. The number of hydrogen-bond donors (Lipinski definition) is 2. The molecule has 1 aliphatic heterocycles. The van der Waals surface area contributed by atoms with Crippen LogP contribution in [0.15, 0.2) is 90.6 Å². The van der Waals surface area contributed by atoms with Crippen molar-refractivity contribution in [3.63, 3.8) is 0 Å². The van der Waals surface area contributed by atoms with Gasteiger partial charge in [-0.3, -0.25) is 0 Å². The lowest BCUT2D eigenvalue weighted by Crippen LogP contribution is -2.64. The molecule has 0 saturated heterocycles. The van der Waals surface area contributed by atoms with E-state index in [1.54, 1.807) is 6.08 Å². The standard InChI is InChI=1S/C53H79NO6S/c1-4-7-8-9-10-11-12-13-14-15-16-17-18-26-37-61-50-40-48(54-59-41-42-27-20-19-21-28-42)46-38-43(29-22-24-33-55)45(30-23-25-34-56)51-47-39-44(57-35-5-2)31-32-49(47)60-53(50,52(46)51)58-36-6-3/h5-6,19-21,27-28,31-32,38-39,43,45,50-52,55-56H,2-4,7-18,22-26,29-30,33-37,40-41H2,1H3/t43-,45+,50-,51+,52+,53+/m0/s1. The van der Waals surface area contributed by atoms with Gasteiger partial charge in [0, 0.05) is 31.1 Å². The van der Waals surface area contributed by atoms with Crippen LogP contribution in [0.2, 0.25) is 0 Å². The molecule has 0 aromatic heterocycles. The summed E-state index contributed by atoms with van der Waals surface area (Å²) in [7, 11) is 0. The molecule has 0 radical (unpaired) electrons. The maximum atomic E-state index is 9.93. The molecule has 0 spiro atoms. The van der Waals surface area contributed by atoms with Crippen LogP contribution in [0.4, 0.5) is 0 Å². The minimum absolute atomic E-state index is 0.0352. The molecule has 2 N–H and O–H groups in total. The van der Waals surface area contributed by atoms with Crippen molar-refractivity contribution in [3.05, 3.63) is 96.6 Å². The number of fused-ring (bicyclic) bond motifs is 2. The van der Waals surface area contributed by atoms with Gasteiger partial charge in [0.25, 0.3) is 0 Å². The number of allylic oxidation sites excluding steroid dienone is 1. The Morgan fingerprint density at radius 1 is 0.787 bits per heavy atom. The number of rotatable bonds is 33. The van der Waals surface area contributed by atoms with Crippen LogP contribution in [0.5, 0.6) is 11.5 Å². The number of oxime groups is 1. The monoisotopic (exact) mass is 858 g/mol. The van der Waals surface area contributed by atoms with Crippen molar-refractivity contribution in [2.75, 3.05) is 32.2 Å². The second-order valence-electron chi connectivity index (χ2n) is 17.6. The van der Waals surface area contributed by atoms with Crippen molar-refractivity contribution in [2.24, 2.45) is 22.9 Å². The third-order valence-electron chi connectivity index (χ3n) is 13.1. The second-order valence-corrected chi connectivity index (χ2v) is 18.9. The SMILES string of the molecule is C=CCOc1ccc2c(c1)[C@H]1[C@H](CCCCO)[C@@H](CCCCO)C=C3C(=NOCc4ccccc4)C[C@H](SCCCCCCCCCCCCCCCC)[C@@](OCC=C)(O2)[C@H]31. The molecular weight excluding hydrogens is 779 g/mol. The molecule has 5 rings (SSSR count). The van der Waals surface area contributed by atoms with Crippen LogP contribution in [-0.2, 0) is 16.2 Å². The first-order valence-electron chi connectivity index (χ1n) is 24.2. The van der Waals surface area contributed by atoms with Crippen molar-refractivity contribution in [1.82, 2.24) is 0 Å². The number of aliphatic hydroxyl groups is 2. The highest BCUT2D eigenvalue weighted by Gasteiger charge is 2.64. The Hall–Kier alpha value is -3.04. The average Bonchev–Trinajstić information content (AvgIpc) is 3.28. The quantitative estimate of drug-likeness (QED) is 0.0420. The Kier molecular flexibility index (Phi) is 22.4. The van der Waals surface area contributed by atoms with Crippen LogP contribution >= 0.6 is 11.8 Å². The Morgan fingerprint density at radius 3 is 2.10 bits per heavy atom. The first kappa shape index (κ1) is 49.0. The molecule has 61 heavy (non-hydrogen) atoms. The lowest BCUT2D eigenvalue weighted by Gasteiger charge is -2.58. The van der Waals surface area contributed by atoms with Crippen molar-refractivity contribution in [1.29, 1.82) is 0 Å². The normalized spacial score (nSPS) is 23.4. The molecule has 3 aliphatic rings. The van der Waals surface area contributed by atoms with Crippen LogP contribution in [-0.4, -0.2) is 59.1 Å². The number of ether oxygens (including phenoxy) is 3. The van der Waals surface area contributed by atoms with Gasteiger partial charge in [-0.05, 0) is 79.0 Å². The van der Waals surface area contributed by atoms with Crippen LogP contribution in [0.1, 0.15) is 159 Å². The van der Waals surface area contributed by atoms with Gasteiger partial charge in [-0.25, -0.2) is 0 Å². The number of unbranched alkanes of at least 4 members (excludes halogenated alkanes) is 15. The molecule has 7 nitrogen and oxygen atoms in total. The van der Waals surface area contributed by atoms with Gasteiger partial charge in [0.2, 0.25) is 5.79 Å². The third-order valence-corrected chi connectivity index (χ3v) is 14.5. The highest BCUT2D eigenvalue weighted by molar-refractivity contribution is 8.00. The topological polar surface area (TPSA) is 89.7 Å². The van der Waals surface area contributed by atoms with Gasteiger partial charge >= 0.3 is 0 Å². The summed E-state index contributed by atoms with van der Waals surface area (Å²) in [6.07, 6.45) is 30.9. The van der Waals surface area contributed by atoms with E-state index in [0.717, 1.165) is 84.6 Å². The van der Waals surface area contributed by atoms with E-state index in [1.807, 2.05) is 42.1 Å². The minimum Gasteiger partial charge on any atom is -0.490 e. The molecule has 2 aromatic rings. The number of aliphatic hydroxyl groups excluding tert-OH is 2. The lowest BCUT2D eigenvalue weighted by atomic mass is 9.56. The van der Waals surface area contributed by atoms with Gasteiger partial charge in [-0.2, -0.15) is 11.8 Å². The van der Waals surface area contributed by atoms with E-state index < -0.39 is 5.79 Å². The zero-order chi connectivity index (χ0) is 43.0. The average molecular weight is 858 g/mol. The predicted molar refractivity (Wildman–Crippen MR) is 255 cm³/mol. The third kappa shape index (κ3) is 14.5. The fraction of sp³-hybridized carbons (Fsp3) is 0.642. The molecule has 2 aromatic carbocycles. The van der Waals surface area contributed by atoms with E-state index in [9.17, 15) is 10.2 Å². The zero-order valence-corrected chi connectivity index (χ0v) is 38.4. The van der Waals surface area contributed by atoms with E-state index in [1.165, 1.54) is 83.5 Å². The van der Waals surface area contributed by atoms with Gasteiger partial charge in [-0.1, -0.05) is 164 Å². The van der Waals surface area contributed by atoms with E-state index in [4.69, 9.17) is 24.2 Å². The van der Waals surface area contributed by atoms with E-state index in [-0.39, 0.29) is 42.1 Å². The maximum Gasteiger partial charge on any atom is 0.230 e. The Bertz CT molecular complexity index is 1610. The summed E-state index contributed by atoms with van der Waals surface area (Å²) in [6, 6.07) is 16.5. The fourth-order valence-electron chi connectivity index (χ4n) is 10.0. The summed E-state index contributed by atoms with van der Waals surface area (Å²) in [5.74, 6) is 2.10. The Balaban J connectivity index is 1.41. The second kappa shape index (κ2) is 27.9. The Labute approximate surface area is 373 Å². The summed E-state index contributed by atoms with van der Waals surface area (Å²) in [5, 5.41) is 24.7. The summed E-state index contributed by atoms with van der Waals surface area (Å²) in [4.78, 5) is 6.25. The van der Waals surface area contributed by atoms with Gasteiger partial charge in [0.15, 0.2) is 0 Å². The lowest BCUT2D eigenvalue weighted by molar-refractivity contribution is -0.223. The smallest absolute Gasteiger partial charge is 0.230 e. The van der Waals surface area contributed by atoms with Gasteiger partial charge < -0.3 is 29.3 Å². The van der Waals surface area contributed by atoms with Crippen LogP contribution in [0, 0.1) is 17.8 Å². The van der Waals surface area contributed by atoms with Gasteiger partial charge in [0.1, 0.15) is 24.7 Å². The van der Waals surface area contributed by atoms with E-state index in [0.29, 0.717) is 26.2 Å². The molecule has 0 amide bonds. The van der Waals surface area contributed by atoms with Crippen molar-refractivity contribution in [2.45, 2.75) is 165 Å². The van der Waals surface area contributed by atoms with Gasteiger partial charge in [-0.15, -0.1) is 6.58 Å². The molecule has 1 heterocycles. The Morgan fingerprint density at radius 2 is 1.44 bits per heavy atom. The fourth-order valence-corrected chi connectivity index (χ4v) is 11.4. The number of thioether (sulfide) groups is 1. The molecule has 2 aliphatic carbocycles. The highest BCUT2D eigenvalue weighted by Crippen LogP contribution is 2.62. The highest BCUT2D eigenvalue weighted by atomic mass is 32.2. The molecule has 0 unspecified atom stereocenters. The van der Waals surface area contributed by atoms with Crippen LogP contribution in [0.3, 0.4) is 0 Å². The first-order valence-corrected chi connectivity index (χ1v) is 25.2. The van der Waals surface area contributed by atoms with E-state index >= 15 is 0 Å². The van der Waals surface area contributed by atoms with Crippen LogP contribution < -0.4 is 9.47 Å². The van der Waals surface area contributed by atoms with Gasteiger partial charge in [0.05, 0.1) is 23.5 Å². The number of nitrogens with zero attached hydrogens (tertiary/aromatic N) is 1.